The first kappa shape index (κ1) is 15.7. The van der Waals surface area contributed by atoms with Crippen LogP contribution < -0.4 is 15.0 Å². The predicted octanol–water partition coefficient (Wildman–Crippen LogP) is 4.69. The summed E-state index contributed by atoms with van der Waals surface area (Å²) >= 11 is 0. The maximum absolute atomic E-state index is 5.67. The van der Waals surface area contributed by atoms with Crippen LogP contribution in [-0.4, -0.2) is 19.2 Å². The van der Waals surface area contributed by atoms with E-state index in [1.165, 1.54) is 37.2 Å². The van der Waals surface area contributed by atoms with Crippen LogP contribution >= 0.6 is 0 Å². The Morgan fingerprint density at radius 2 is 1.61 bits per heavy atom. The molecule has 2 aromatic rings. The molecule has 0 amide bonds. The fourth-order valence-electron chi connectivity index (χ4n) is 2.93. The number of nitrogens with zero attached hydrogens (tertiary/aromatic N) is 1. The van der Waals surface area contributed by atoms with E-state index in [4.69, 9.17) is 4.74 Å². The monoisotopic (exact) mass is 310 g/mol. The molecule has 0 bridgehead atoms. The Morgan fingerprint density at radius 1 is 0.957 bits per heavy atom. The minimum Gasteiger partial charge on any atom is -0.491 e. The van der Waals surface area contributed by atoms with Gasteiger partial charge in [0.2, 0.25) is 0 Å². The molecule has 0 spiro atoms. The largest absolute Gasteiger partial charge is 0.491 e. The van der Waals surface area contributed by atoms with Gasteiger partial charge in [0.15, 0.2) is 0 Å². The summed E-state index contributed by atoms with van der Waals surface area (Å²) in [5.74, 6) is 0.929. The van der Waals surface area contributed by atoms with Gasteiger partial charge in [-0.05, 0) is 68.7 Å². The zero-order chi connectivity index (χ0) is 16.1. The summed E-state index contributed by atoms with van der Waals surface area (Å²) in [7, 11) is 0. The van der Waals surface area contributed by atoms with Gasteiger partial charge in [-0.3, -0.25) is 0 Å². The van der Waals surface area contributed by atoms with Crippen LogP contribution in [0.25, 0.3) is 0 Å². The summed E-state index contributed by atoms with van der Waals surface area (Å²) in [6.07, 6.45) is 2.85. The standard InChI is InChI=1S/C20H26N2O/c1-16(2)23-20-11-5-17(6-12-20)15-21-18-7-9-19(10-8-18)22-13-3-4-14-22/h5-12,16,21H,3-4,13-15H2,1-2H3. The van der Waals surface area contributed by atoms with Gasteiger partial charge in [-0.15, -0.1) is 0 Å². The molecular formula is C20H26N2O. The molecule has 122 valence electrons. The number of anilines is 2. The van der Waals surface area contributed by atoms with Gasteiger partial charge in [0, 0.05) is 31.0 Å². The number of hydrogen-bond donors (Lipinski definition) is 1. The van der Waals surface area contributed by atoms with Gasteiger partial charge in [0.05, 0.1) is 6.10 Å². The van der Waals surface area contributed by atoms with Crippen LogP contribution in [-0.2, 0) is 6.54 Å². The van der Waals surface area contributed by atoms with Crippen molar-refractivity contribution in [1.82, 2.24) is 0 Å². The lowest BCUT2D eigenvalue weighted by atomic mass is 10.2. The number of nitrogens with one attached hydrogen (secondary N) is 1. The van der Waals surface area contributed by atoms with Crippen LogP contribution in [0.3, 0.4) is 0 Å². The van der Waals surface area contributed by atoms with E-state index in [0.717, 1.165) is 18.0 Å². The molecule has 1 aliphatic heterocycles. The second-order valence-electron chi connectivity index (χ2n) is 6.41. The van der Waals surface area contributed by atoms with E-state index in [1.54, 1.807) is 0 Å². The second-order valence-corrected chi connectivity index (χ2v) is 6.41. The van der Waals surface area contributed by atoms with Gasteiger partial charge in [-0.25, -0.2) is 0 Å². The van der Waals surface area contributed by atoms with Gasteiger partial charge in [-0.1, -0.05) is 12.1 Å². The average Bonchev–Trinajstić information content (AvgIpc) is 3.09. The van der Waals surface area contributed by atoms with E-state index < -0.39 is 0 Å². The Bertz CT molecular complexity index is 599. The minimum absolute atomic E-state index is 0.216. The van der Waals surface area contributed by atoms with Crippen molar-refractivity contribution in [2.45, 2.75) is 39.3 Å². The van der Waals surface area contributed by atoms with E-state index in [2.05, 4.69) is 46.6 Å². The zero-order valence-corrected chi connectivity index (χ0v) is 14.1. The first-order valence-electron chi connectivity index (χ1n) is 8.55. The van der Waals surface area contributed by atoms with Crippen LogP contribution in [0.2, 0.25) is 0 Å². The number of hydrogen-bond acceptors (Lipinski definition) is 3. The summed E-state index contributed by atoms with van der Waals surface area (Å²) in [6, 6.07) is 17.1. The van der Waals surface area contributed by atoms with Gasteiger partial charge < -0.3 is 15.0 Å². The average molecular weight is 310 g/mol. The first-order chi connectivity index (χ1) is 11.2. The van der Waals surface area contributed by atoms with Crippen molar-refractivity contribution in [1.29, 1.82) is 0 Å². The molecular weight excluding hydrogens is 284 g/mol. The fourth-order valence-corrected chi connectivity index (χ4v) is 2.93. The lowest BCUT2D eigenvalue weighted by Gasteiger charge is -2.18. The second kappa shape index (κ2) is 7.40. The molecule has 0 unspecified atom stereocenters. The molecule has 1 aliphatic rings. The molecule has 2 aromatic carbocycles. The normalized spacial score (nSPS) is 14.3. The molecule has 1 fully saturated rings. The van der Waals surface area contributed by atoms with Crippen molar-refractivity contribution in [2.24, 2.45) is 0 Å². The predicted molar refractivity (Wildman–Crippen MR) is 97.4 cm³/mol. The summed E-state index contributed by atoms with van der Waals surface area (Å²) in [4.78, 5) is 2.46. The van der Waals surface area contributed by atoms with E-state index in [-0.39, 0.29) is 6.10 Å². The fraction of sp³-hybridized carbons (Fsp3) is 0.400. The highest BCUT2D eigenvalue weighted by atomic mass is 16.5. The Hall–Kier alpha value is -2.16. The topological polar surface area (TPSA) is 24.5 Å². The third kappa shape index (κ3) is 4.41. The van der Waals surface area contributed by atoms with Crippen LogP contribution in [0.5, 0.6) is 5.75 Å². The van der Waals surface area contributed by atoms with Crippen molar-refractivity contribution < 1.29 is 4.74 Å². The quantitative estimate of drug-likeness (QED) is 0.838. The SMILES string of the molecule is CC(C)Oc1ccc(CNc2ccc(N3CCCC3)cc2)cc1. The molecule has 0 aliphatic carbocycles. The number of benzene rings is 2. The van der Waals surface area contributed by atoms with Crippen molar-refractivity contribution in [3.05, 3.63) is 54.1 Å². The lowest BCUT2D eigenvalue weighted by Crippen LogP contribution is -2.17. The molecule has 3 rings (SSSR count). The van der Waals surface area contributed by atoms with Crippen molar-refractivity contribution in [2.75, 3.05) is 23.3 Å². The molecule has 0 aromatic heterocycles. The summed E-state index contributed by atoms with van der Waals surface area (Å²) in [5, 5.41) is 3.48. The molecule has 1 N–H and O–H groups in total. The first-order valence-corrected chi connectivity index (χ1v) is 8.55. The van der Waals surface area contributed by atoms with Crippen molar-refractivity contribution in [3.63, 3.8) is 0 Å². The van der Waals surface area contributed by atoms with Gasteiger partial charge in [0.25, 0.3) is 0 Å². The Balaban J connectivity index is 1.53. The summed E-state index contributed by atoms with van der Waals surface area (Å²) < 4.78 is 5.67. The van der Waals surface area contributed by atoms with E-state index in [0.29, 0.717) is 0 Å². The van der Waals surface area contributed by atoms with E-state index >= 15 is 0 Å². The summed E-state index contributed by atoms with van der Waals surface area (Å²) in [5.41, 5.74) is 3.75. The maximum atomic E-state index is 5.67. The Kier molecular flexibility index (Phi) is 5.06. The number of rotatable bonds is 6. The Labute approximate surface area is 139 Å². The van der Waals surface area contributed by atoms with Gasteiger partial charge in [0.1, 0.15) is 5.75 Å². The van der Waals surface area contributed by atoms with E-state index in [9.17, 15) is 0 Å². The highest BCUT2D eigenvalue weighted by Gasteiger charge is 2.11. The Morgan fingerprint density at radius 3 is 2.22 bits per heavy atom. The lowest BCUT2D eigenvalue weighted by molar-refractivity contribution is 0.242. The third-order valence-electron chi connectivity index (χ3n) is 4.13. The molecule has 3 heteroatoms. The summed E-state index contributed by atoms with van der Waals surface area (Å²) in [6.45, 7) is 7.29. The molecule has 1 heterocycles. The number of ether oxygens (including phenoxy) is 1. The van der Waals surface area contributed by atoms with Gasteiger partial charge >= 0.3 is 0 Å². The third-order valence-corrected chi connectivity index (χ3v) is 4.13. The van der Waals surface area contributed by atoms with Crippen LogP contribution in [0.4, 0.5) is 11.4 Å². The molecule has 1 saturated heterocycles. The van der Waals surface area contributed by atoms with Crippen LogP contribution in [0, 0.1) is 0 Å². The minimum atomic E-state index is 0.216. The smallest absolute Gasteiger partial charge is 0.119 e. The highest BCUT2D eigenvalue weighted by molar-refractivity contribution is 5.55. The maximum Gasteiger partial charge on any atom is 0.119 e. The highest BCUT2D eigenvalue weighted by Crippen LogP contribution is 2.22. The molecule has 0 atom stereocenters. The van der Waals surface area contributed by atoms with Crippen LogP contribution in [0.15, 0.2) is 48.5 Å². The van der Waals surface area contributed by atoms with Gasteiger partial charge in [-0.2, -0.15) is 0 Å². The van der Waals surface area contributed by atoms with Crippen molar-refractivity contribution in [3.8, 4) is 5.75 Å². The van der Waals surface area contributed by atoms with Crippen molar-refractivity contribution >= 4 is 11.4 Å². The molecule has 0 saturated carbocycles. The molecule has 3 nitrogen and oxygen atoms in total. The zero-order valence-electron chi connectivity index (χ0n) is 14.1. The van der Waals surface area contributed by atoms with Crippen LogP contribution in [0.1, 0.15) is 32.3 Å². The van der Waals surface area contributed by atoms with E-state index in [1.807, 2.05) is 26.0 Å². The molecule has 0 radical (unpaired) electrons. The molecule has 23 heavy (non-hydrogen) atoms.